The van der Waals surface area contributed by atoms with E-state index in [0.717, 1.165) is 11.8 Å². The van der Waals surface area contributed by atoms with E-state index in [0.29, 0.717) is 24.0 Å². The fourth-order valence-corrected chi connectivity index (χ4v) is 2.74. The zero-order chi connectivity index (χ0) is 24.8. The first kappa shape index (κ1) is 28.4. The Hall–Kier alpha value is -2.68. The topological polar surface area (TPSA) is 78.9 Å². The number of benzene rings is 2. The fraction of sp³-hybridized carbons (Fsp3) is 0.304. The van der Waals surface area contributed by atoms with Gasteiger partial charge in [0.2, 0.25) is 5.91 Å². The summed E-state index contributed by atoms with van der Waals surface area (Å²) < 4.78 is 30.9. The number of allylic oxidation sites excluding steroid dienone is 1. The summed E-state index contributed by atoms with van der Waals surface area (Å²) in [6, 6.07) is 8.41. The maximum atomic E-state index is 13.4. The van der Waals surface area contributed by atoms with Crippen molar-refractivity contribution in [1.82, 2.24) is 10.2 Å². The molecule has 0 saturated carbocycles. The molecule has 0 bridgehead atoms. The van der Waals surface area contributed by atoms with Gasteiger partial charge in [-0.25, -0.2) is 8.78 Å². The van der Waals surface area contributed by atoms with E-state index in [-0.39, 0.29) is 48.7 Å². The van der Waals surface area contributed by atoms with Crippen LogP contribution < -0.4 is 10.1 Å². The van der Waals surface area contributed by atoms with E-state index >= 15 is 0 Å². The van der Waals surface area contributed by atoms with Crippen LogP contribution in [0.15, 0.2) is 48.7 Å². The van der Waals surface area contributed by atoms with Gasteiger partial charge in [0.05, 0.1) is 16.7 Å². The standard InChI is InChI=1S/C15H20ClFN2O2.C8H6ClFO2/c1-11(18-2)3-6-15(21)19(7-8-20)10-12-4-5-13(16)14(17)9-12;9-7-2-1-6(5-8(7)10)12-4-3-11/h4-5,9,18,20H,1,3,6-8,10H2,2H3;1-3,5H,4H2. The quantitative estimate of drug-likeness (QED) is 0.446. The van der Waals surface area contributed by atoms with Gasteiger partial charge in [-0.2, -0.15) is 0 Å². The Bertz CT molecular complexity index is 945. The number of aliphatic hydroxyl groups is 1. The first-order valence-electron chi connectivity index (χ1n) is 9.91. The van der Waals surface area contributed by atoms with Gasteiger partial charge in [-0.15, -0.1) is 0 Å². The summed E-state index contributed by atoms with van der Waals surface area (Å²) >= 11 is 11.0. The first-order chi connectivity index (χ1) is 15.7. The molecule has 33 heavy (non-hydrogen) atoms. The Morgan fingerprint density at radius 2 is 1.79 bits per heavy atom. The Morgan fingerprint density at radius 3 is 2.33 bits per heavy atom. The van der Waals surface area contributed by atoms with Crippen LogP contribution in [0, 0.1) is 11.6 Å². The number of hydrogen-bond acceptors (Lipinski definition) is 5. The number of aldehydes is 1. The molecule has 2 N–H and O–H groups in total. The van der Waals surface area contributed by atoms with Crippen molar-refractivity contribution in [2.45, 2.75) is 19.4 Å². The smallest absolute Gasteiger partial charge is 0.223 e. The van der Waals surface area contributed by atoms with E-state index in [1.807, 2.05) is 0 Å². The molecule has 0 aliphatic heterocycles. The monoisotopic (exact) mass is 502 g/mol. The van der Waals surface area contributed by atoms with Crippen molar-refractivity contribution in [1.29, 1.82) is 0 Å². The highest BCUT2D eigenvalue weighted by atomic mass is 35.5. The molecule has 0 atom stereocenters. The number of carbonyl (C=O) groups is 2. The normalized spacial score (nSPS) is 10.0. The second-order valence-electron chi connectivity index (χ2n) is 6.69. The lowest BCUT2D eigenvalue weighted by Gasteiger charge is -2.22. The third kappa shape index (κ3) is 10.7. The van der Waals surface area contributed by atoms with Gasteiger partial charge in [0.1, 0.15) is 24.0 Å². The van der Waals surface area contributed by atoms with Gasteiger partial charge in [0, 0.05) is 38.3 Å². The van der Waals surface area contributed by atoms with Gasteiger partial charge in [0.25, 0.3) is 0 Å². The summed E-state index contributed by atoms with van der Waals surface area (Å²) in [4.78, 5) is 23.5. The largest absolute Gasteiger partial charge is 0.486 e. The molecule has 0 aliphatic rings. The zero-order valence-corrected chi connectivity index (χ0v) is 19.6. The van der Waals surface area contributed by atoms with Crippen molar-refractivity contribution in [2.24, 2.45) is 0 Å². The van der Waals surface area contributed by atoms with E-state index < -0.39 is 11.6 Å². The van der Waals surface area contributed by atoms with Gasteiger partial charge in [-0.1, -0.05) is 35.8 Å². The number of ether oxygens (including phenoxy) is 1. The molecule has 0 aliphatic carbocycles. The number of nitrogens with zero attached hydrogens (tertiary/aromatic N) is 1. The third-order valence-corrected chi connectivity index (χ3v) is 4.90. The highest BCUT2D eigenvalue weighted by Crippen LogP contribution is 2.20. The predicted octanol–water partition coefficient (Wildman–Crippen LogP) is 4.37. The van der Waals surface area contributed by atoms with E-state index in [4.69, 9.17) is 33.0 Å². The molecule has 0 fully saturated rings. The van der Waals surface area contributed by atoms with Gasteiger partial charge in [-0.3, -0.25) is 9.59 Å². The number of hydrogen-bond donors (Lipinski definition) is 2. The molecule has 0 aromatic heterocycles. The second kappa shape index (κ2) is 15.2. The van der Waals surface area contributed by atoms with Crippen LogP contribution in [0.3, 0.4) is 0 Å². The van der Waals surface area contributed by atoms with Gasteiger partial charge < -0.3 is 20.1 Å². The Kier molecular flexibility index (Phi) is 13.1. The minimum absolute atomic E-state index is 0.0356. The Morgan fingerprint density at radius 1 is 1.15 bits per heavy atom. The van der Waals surface area contributed by atoms with Crippen LogP contribution in [0.5, 0.6) is 5.75 Å². The maximum Gasteiger partial charge on any atom is 0.223 e. The summed E-state index contributed by atoms with van der Waals surface area (Å²) in [6.07, 6.45) is 1.40. The van der Waals surface area contributed by atoms with Crippen LogP contribution in [0.2, 0.25) is 10.0 Å². The second-order valence-corrected chi connectivity index (χ2v) is 7.51. The number of rotatable bonds is 11. The predicted molar refractivity (Wildman–Crippen MR) is 124 cm³/mol. The van der Waals surface area contributed by atoms with Crippen molar-refractivity contribution in [3.8, 4) is 5.75 Å². The Balaban J connectivity index is 0.000000383. The highest BCUT2D eigenvalue weighted by Gasteiger charge is 2.14. The fourth-order valence-electron chi connectivity index (χ4n) is 2.51. The third-order valence-electron chi connectivity index (χ3n) is 4.28. The maximum absolute atomic E-state index is 13.4. The van der Waals surface area contributed by atoms with E-state index in [2.05, 4.69) is 11.9 Å². The number of nitrogens with one attached hydrogen (secondary N) is 1. The average molecular weight is 503 g/mol. The molecule has 0 unspecified atom stereocenters. The molecular formula is C23H26Cl2F2N2O4. The summed E-state index contributed by atoms with van der Waals surface area (Å²) in [5.41, 5.74) is 1.40. The minimum atomic E-state index is -0.555. The number of halogens is 4. The lowest BCUT2D eigenvalue weighted by Crippen LogP contribution is -2.33. The van der Waals surface area contributed by atoms with Gasteiger partial charge in [0.15, 0.2) is 6.29 Å². The number of carbonyl (C=O) groups excluding carboxylic acids is 2. The van der Waals surface area contributed by atoms with E-state index in [1.165, 1.54) is 29.2 Å². The van der Waals surface area contributed by atoms with Crippen molar-refractivity contribution in [2.75, 3.05) is 26.8 Å². The molecule has 2 aromatic rings. The van der Waals surface area contributed by atoms with Gasteiger partial charge in [-0.05, 0) is 36.2 Å². The molecule has 10 heteroatoms. The van der Waals surface area contributed by atoms with Crippen molar-refractivity contribution < 1.29 is 28.2 Å². The van der Waals surface area contributed by atoms with Crippen LogP contribution in [0.1, 0.15) is 18.4 Å². The molecule has 0 saturated heterocycles. The van der Waals surface area contributed by atoms with E-state index in [1.54, 1.807) is 13.1 Å². The van der Waals surface area contributed by atoms with Crippen molar-refractivity contribution >= 4 is 35.4 Å². The molecule has 180 valence electrons. The molecule has 2 rings (SSSR count). The Labute approximate surface area is 201 Å². The molecule has 2 aromatic carbocycles. The number of amides is 1. The summed E-state index contributed by atoms with van der Waals surface area (Å²) in [5.74, 6) is -0.894. The van der Waals surface area contributed by atoms with Crippen molar-refractivity contribution in [3.05, 3.63) is 75.9 Å². The molecule has 0 heterocycles. The first-order valence-corrected chi connectivity index (χ1v) is 10.7. The average Bonchev–Trinajstić information content (AvgIpc) is 2.80. The van der Waals surface area contributed by atoms with Crippen molar-refractivity contribution in [3.63, 3.8) is 0 Å². The van der Waals surface area contributed by atoms with Crippen LogP contribution in [-0.2, 0) is 16.1 Å². The summed E-state index contributed by atoms with van der Waals surface area (Å²) in [5, 5.41) is 12.0. The lowest BCUT2D eigenvalue weighted by molar-refractivity contribution is -0.132. The molecule has 1 amide bonds. The highest BCUT2D eigenvalue weighted by molar-refractivity contribution is 6.31. The molecular weight excluding hydrogens is 477 g/mol. The lowest BCUT2D eigenvalue weighted by atomic mass is 10.1. The van der Waals surface area contributed by atoms with Crippen LogP contribution >= 0.6 is 23.2 Å². The minimum Gasteiger partial charge on any atom is -0.486 e. The van der Waals surface area contributed by atoms with Crippen LogP contribution in [0.25, 0.3) is 0 Å². The van der Waals surface area contributed by atoms with Crippen LogP contribution in [0.4, 0.5) is 8.78 Å². The van der Waals surface area contributed by atoms with Gasteiger partial charge >= 0.3 is 0 Å². The summed E-state index contributed by atoms with van der Waals surface area (Å²) in [7, 11) is 1.74. The van der Waals surface area contributed by atoms with E-state index in [9.17, 15) is 18.4 Å². The number of aliphatic hydroxyl groups excluding tert-OH is 1. The van der Waals surface area contributed by atoms with Crippen LogP contribution in [-0.4, -0.2) is 49.0 Å². The molecule has 0 radical (unpaired) electrons. The molecule has 6 nitrogen and oxygen atoms in total. The SMILES string of the molecule is C=C(CCC(=O)N(CCO)Cc1ccc(Cl)c(F)c1)NC.O=CCOc1ccc(Cl)c(F)c1. The molecule has 0 spiro atoms. The zero-order valence-electron chi connectivity index (χ0n) is 18.1. The summed E-state index contributed by atoms with van der Waals surface area (Å²) in [6.45, 7) is 3.97.